The van der Waals surface area contributed by atoms with Crippen molar-refractivity contribution in [1.82, 2.24) is 4.90 Å². The summed E-state index contributed by atoms with van der Waals surface area (Å²) >= 11 is 0. The van der Waals surface area contributed by atoms with Gasteiger partial charge in [-0.1, -0.05) is 18.2 Å². The highest BCUT2D eigenvalue weighted by Crippen LogP contribution is 2.16. The van der Waals surface area contributed by atoms with Crippen molar-refractivity contribution >= 4 is 5.78 Å². The third-order valence-electron chi connectivity index (χ3n) is 3.82. The standard InChI is InChI=1S/C18H17F2NO2/c19-16-9-15(10-17(20)11-16)18(22)14-3-1-2-13(8-14)12-21-4-6-23-7-5-21/h1-3,8-11H,4-7,12H2. The lowest BCUT2D eigenvalue weighted by Crippen LogP contribution is -2.35. The Kier molecular flexibility index (Phi) is 4.79. The van der Waals surface area contributed by atoms with Crippen molar-refractivity contribution in [3.05, 3.63) is 70.8 Å². The predicted molar refractivity (Wildman–Crippen MR) is 82.3 cm³/mol. The molecule has 0 amide bonds. The van der Waals surface area contributed by atoms with E-state index in [1.807, 2.05) is 6.07 Å². The minimum Gasteiger partial charge on any atom is -0.379 e. The predicted octanol–water partition coefficient (Wildman–Crippen LogP) is 3.03. The van der Waals surface area contributed by atoms with E-state index in [9.17, 15) is 13.6 Å². The Balaban J connectivity index is 1.79. The van der Waals surface area contributed by atoms with E-state index in [1.54, 1.807) is 18.2 Å². The number of carbonyl (C=O) groups is 1. The normalized spacial score (nSPS) is 15.6. The molecule has 0 saturated carbocycles. The molecule has 0 aliphatic carbocycles. The third kappa shape index (κ3) is 4.00. The van der Waals surface area contributed by atoms with E-state index in [1.165, 1.54) is 0 Å². The van der Waals surface area contributed by atoms with Crippen LogP contribution in [0.5, 0.6) is 0 Å². The second-order valence-corrected chi connectivity index (χ2v) is 5.58. The van der Waals surface area contributed by atoms with Gasteiger partial charge in [0.25, 0.3) is 0 Å². The third-order valence-corrected chi connectivity index (χ3v) is 3.82. The minimum atomic E-state index is -0.752. The SMILES string of the molecule is O=C(c1cc(F)cc(F)c1)c1cccc(CN2CCOCC2)c1. The van der Waals surface area contributed by atoms with Gasteiger partial charge in [-0.25, -0.2) is 8.78 Å². The zero-order valence-corrected chi connectivity index (χ0v) is 12.6. The summed E-state index contributed by atoms with van der Waals surface area (Å²) in [5.74, 6) is -1.89. The van der Waals surface area contributed by atoms with E-state index in [4.69, 9.17) is 4.74 Å². The molecule has 3 nitrogen and oxygen atoms in total. The average Bonchev–Trinajstić information content (AvgIpc) is 2.54. The summed E-state index contributed by atoms with van der Waals surface area (Å²) in [4.78, 5) is 14.7. The summed E-state index contributed by atoms with van der Waals surface area (Å²) in [5, 5.41) is 0. The van der Waals surface area contributed by atoms with E-state index in [0.29, 0.717) is 18.8 Å². The Morgan fingerprint density at radius 3 is 2.39 bits per heavy atom. The van der Waals surface area contributed by atoms with Crippen molar-refractivity contribution in [2.75, 3.05) is 26.3 Å². The van der Waals surface area contributed by atoms with Crippen LogP contribution in [0.15, 0.2) is 42.5 Å². The smallest absolute Gasteiger partial charge is 0.193 e. The summed E-state index contributed by atoms with van der Waals surface area (Å²) in [7, 11) is 0. The Labute approximate surface area is 133 Å². The van der Waals surface area contributed by atoms with Crippen molar-refractivity contribution in [2.24, 2.45) is 0 Å². The van der Waals surface area contributed by atoms with E-state index < -0.39 is 11.6 Å². The maximum absolute atomic E-state index is 13.3. The van der Waals surface area contributed by atoms with E-state index in [0.717, 1.165) is 43.4 Å². The van der Waals surface area contributed by atoms with Crippen LogP contribution in [0.25, 0.3) is 0 Å². The van der Waals surface area contributed by atoms with Gasteiger partial charge in [-0.15, -0.1) is 0 Å². The lowest BCUT2D eigenvalue weighted by Gasteiger charge is -2.26. The Morgan fingerprint density at radius 1 is 1.00 bits per heavy atom. The average molecular weight is 317 g/mol. The molecule has 0 aromatic heterocycles. The van der Waals surface area contributed by atoms with E-state index in [-0.39, 0.29) is 11.3 Å². The van der Waals surface area contributed by atoms with Gasteiger partial charge < -0.3 is 4.74 Å². The molecule has 0 spiro atoms. The van der Waals surface area contributed by atoms with Crippen LogP contribution in [0, 0.1) is 11.6 Å². The second kappa shape index (κ2) is 6.98. The van der Waals surface area contributed by atoms with Crippen molar-refractivity contribution in [3.8, 4) is 0 Å². The topological polar surface area (TPSA) is 29.5 Å². The fraction of sp³-hybridized carbons (Fsp3) is 0.278. The molecule has 2 aromatic carbocycles. The molecule has 0 atom stereocenters. The molecule has 3 rings (SSSR count). The number of ketones is 1. The summed E-state index contributed by atoms with van der Waals surface area (Å²) < 4.78 is 31.9. The molecule has 0 bridgehead atoms. The molecule has 1 saturated heterocycles. The van der Waals surface area contributed by atoms with Crippen molar-refractivity contribution in [2.45, 2.75) is 6.54 Å². The Hall–Kier alpha value is -2.11. The zero-order valence-electron chi connectivity index (χ0n) is 12.6. The van der Waals surface area contributed by atoms with Crippen LogP contribution >= 0.6 is 0 Å². The van der Waals surface area contributed by atoms with Gasteiger partial charge in [-0.3, -0.25) is 9.69 Å². The number of hydrogen-bond acceptors (Lipinski definition) is 3. The molecule has 1 aliphatic heterocycles. The van der Waals surface area contributed by atoms with Crippen molar-refractivity contribution in [3.63, 3.8) is 0 Å². The molecule has 1 fully saturated rings. The maximum atomic E-state index is 13.3. The number of halogens is 2. The number of nitrogens with zero attached hydrogens (tertiary/aromatic N) is 1. The van der Waals surface area contributed by atoms with Crippen LogP contribution in [0.3, 0.4) is 0 Å². The molecule has 23 heavy (non-hydrogen) atoms. The summed E-state index contributed by atoms with van der Waals surface area (Å²) in [6, 6.07) is 10.0. The molecule has 2 aromatic rings. The van der Waals surface area contributed by atoms with Gasteiger partial charge in [-0.05, 0) is 23.8 Å². The lowest BCUT2D eigenvalue weighted by molar-refractivity contribution is 0.0342. The number of hydrogen-bond donors (Lipinski definition) is 0. The molecular formula is C18H17F2NO2. The monoisotopic (exact) mass is 317 g/mol. The first-order valence-electron chi connectivity index (χ1n) is 7.52. The summed E-state index contributed by atoms with van der Waals surface area (Å²) in [6.45, 7) is 3.85. The number of benzene rings is 2. The second-order valence-electron chi connectivity index (χ2n) is 5.58. The van der Waals surface area contributed by atoms with Crippen LogP contribution in [0.1, 0.15) is 21.5 Å². The highest BCUT2D eigenvalue weighted by Gasteiger charge is 2.14. The van der Waals surface area contributed by atoms with E-state index >= 15 is 0 Å². The van der Waals surface area contributed by atoms with Crippen LogP contribution < -0.4 is 0 Å². The molecular weight excluding hydrogens is 300 g/mol. The Bertz CT molecular complexity index is 692. The first-order chi connectivity index (χ1) is 11.1. The molecule has 5 heteroatoms. The molecule has 0 unspecified atom stereocenters. The maximum Gasteiger partial charge on any atom is 0.193 e. The van der Waals surface area contributed by atoms with E-state index in [2.05, 4.69) is 4.90 Å². The van der Waals surface area contributed by atoms with Crippen LogP contribution in [-0.2, 0) is 11.3 Å². The van der Waals surface area contributed by atoms with Gasteiger partial charge >= 0.3 is 0 Å². The highest BCUT2D eigenvalue weighted by molar-refractivity contribution is 6.09. The van der Waals surface area contributed by atoms with Gasteiger partial charge in [0.15, 0.2) is 5.78 Å². The van der Waals surface area contributed by atoms with Gasteiger partial charge in [0, 0.05) is 36.8 Å². The number of ether oxygens (including phenoxy) is 1. The highest BCUT2D eigenvalue weighted by atomic mass is 19.1. The molecule has 0 N–H and O–H groups in total. The zero-order chi connectivity index (χ0) is 16.2. The van der Waals surface area contributed by atoms with Crippen molar-refractivity contribution in [1.29, 1.82) is 0 Å². The lowest BCUT2D eigenvalue weighted by atomic mass is 10.0. The molecule has 1 aliphatic rings. The fourth-order valence-corrected chi connectivity index (χ4v) is 2.68. The Morgan fingerprint density at radius 2 is 1.70 bits per heavy atom. The van der Waals surface area contributed by atoms with Gasteiger partial charge in [0.1, 0.15) is 11.6 Å². The summed E-state index contributed by atoms with van der Waals surface area (Å²) in [6.07, 6.45) is 0. The van der Waals surface area contributed by atoms with Crippen LogP contribution in [0.4, 0.5) is 8.78 Å². The first kappa shape index (κ1) is 15.8. The number of rotatable bonds is 4. The first-order valence-corrected chi connectivity index (χ1v) is 7.52. The van der Waals surface area contributed by atoms with Crippen molar-refractivity contribution < 1.29 is 18.3 Å². The quantitative estimate of drug-likeness (QED) is 0.812. The molecule has 1 heterocycles. The van der Waals surface area contributed by atoms with Gasteiger partial charge in [0.05, 0.1) is 13.2 Å². The largest absolute Gasteiger partial charge is 0.379 e. The minimum absolute atomic E-state index is 0.0195. The van der Waals surface area contributed by atoms with Gasteiger partial charge in [-0.2, -0.15) is 0 Å². The fourth-order valence-electron chi connectivity index (χ4n) is 2.68. The van der Waals surface area contributed by atoms with Crippen LogP contribution in [-0.4, -0.2) is 37.0 Å². The number of carbonyl (C=O) groups excluding carboxylic acids is 1. The van der Waals surface area contributed by atoms with Crippen LogP contribution in [0.2, 0.25) is 0 Å². The number of morpholine rings is 1. The van der Waals surface area contributed by atoms with Gasteiger partial charge in [0.2, 0.25) is 0 Å². The molecule has 120 valence electrons. The summed E-state index contributed by atoms with van der Waals surface area (Å²) in [5.41, 5.74) is 1.45. The molecule has 0 radical (unpaired) electrons.